The molecule has 0 saturated carbocycles. The molecule has 33 heavy (non-hydrogen) atoms. The van der Waals surface area contributed by atoms with Crippen LogP contribution in [0.25, 0.3) is 16.0 Å². The molecule has 1 unspecified atom stereocenters. The maximum Gasteiger partial charge on any atom is 0.301 e. The molecule has 1 aliphatic rings. The number of benzene rings is 2. The van der Waals surface area contributed by atoms with Crippen LogP contribution < -0.4 is 4.90 Å². The number of ketones is 1. The van der Waals surface area contributed by atoms with E-state index in [2.05, 4.69) is 9.97 Å². The van der Waals surface area contributed by atoms with Crippen molar-refractivity contribution in [3.05, 3.63) is 99.9 Å². The number of amides is 1. The Kier molecular flexibility index (Phi) is 4.91. The summed E-state index contributed by atoms with van der Waals surface area (Å²) in [6.07, 6.45) is 3.07. The van der Waals surface area contributed by atoms with Gasteiger partial charge in [-0.05, 0) is 35.9 Å². The number of hydrogen-bond acceptors (Lipinski definition) is 8. The fraction of sp³-hybridized carbons (Fsp3) is 0.0435. The van der Waals surface area contributed by atoms with Crippen molar-refractivity contribution in [1.29, 1.82) is 0 Å². The quantitative estimate of drug-likeness (QED) is 0.159. The summed E-state index contributed by atoms with van der Waals surface area (Å²) in [4.78, 5) is 46.5. The molecule has 3 heterocycles. The predicted octanol–water partition coefficient (Wildman–Crippen LogP) is 4.23. The summed E-state index contributed by atoms with van der Waals surface area (Å²) in [5.41, 5.74) is 1.07. The van der Waals surface area contributed by atoms with Gasteiger partial charge in [-0.15, -0.1) is 0 Å². The normalized spacial score (nSPS) is 17.6. The number of nitrogens with zero attached hydrogens (tertiary/aromatic N) is 4. The molecule has 0 aliphatic carbocycles. The highest BCUT2D eigenvalue weighted by molar-refractivity contribution is 7.22. The zero-order valence-corrected chi connectivity index (χ0v) is 17.6. The fourth-order valence-electron chi connectivity index (χ4n) is 3.74. The Morgan fingerprint density at radius 2 is 1.82 bits per heavy atom. The van der Waals surface area contributed by atoms with E-state index < -0.39 is 28.4 Å². The van der Waals surface area contributed by atoms with Gasteiger partial charge in [0.1, 0.15) is 5.76 Å². The lowest BCUT2D eigenvalue weighted by atomic mass is 9.96. The molecule has 2 aromatic heterocycles. The number of fused-ring (bicyclic) bond motifs is 1. The van der Waals surface area contributed by atoms with Crippen molar-refractivity contribution in [1.82, 2.24) is 9.97 Å². The number of pyridine rings is 1. The van der Waals surface area contributed by atoms with Crippen molar-refractivity contribution in [2.24, 2.45) is 0 Å². The first kappa shape index (κ1) is 20.5. The largest absolute Gasteiger partial charge is 0.507 e. The molecular formula is C23H14N4O5S. The minimum absolute atomic E-state index is 0.138. The standard InChI is InChI=1S/C23H14N4O5S/c28-20(13-7-9-15(10-8-13)27(31)32)18-19(14-4-3-11-24-12-14)26(22(30)21(18)29)23-25-16-5-1-2-6-17(16)33-23/h1-12,19,28H/b20-18+. The van der Waals surface area contributed by atoms with Gasteiger partial charge in [0.15, 0.2) is 5.13 Å². The smallest absolute Gasteiger partial charge is 0.301 e. The third kappa shape index (κ3) is 3.42. The number of carbonyl (C=O) groups excluding carboxylic acids is 2. The van der Waals surface area contributed by atoms with Crippen molar-refractivity contribution < 1.29 is 19.6 Å². The first-order valence-corrected chi connectivity index (χ1v) is 10.6. The van der Waals surface area contributed by atoms with Crippen LogP contribution in [-0.2, 0) is 9.59 Å². The van der Waals surface area contributed by atoms with E-state index in [1.54, 1.807) is 18.3 Å². The number of nitro groups is 1. The number of aromatic nitrogens is 2. The number of carbonyl (C=O) groups is 2. The van der Waals surface area contributed by atoms with Gasteiger partial charge < -0.3 is 5.11 Å². The van der Waals surface area contributed by atoms with Gasteiger partial charge in [0.25, 0.3) is 11.5 Å². The summed E-state index contributed by atoms with van der Waals surface area (Å²) < 4.78 is 0.842. The Morgan fingerprint density at radius 1 is 1.06 bits per heavy atom. The fourth-order valence-corrected chi connectivity index (χ4v) is 4.73. The van der Waals surface area contributed by atoms with E-state index >= 15 is 0 Å². The number of aliphatic hydroxyl groups is 1. The predicted molar refractivity (Wildman–Crippen MR) is 122 cm³/mol. The minimum Gasteiger partial charge on any atom is -0.507 e. The summed E-state index contributed by atoms with van der Waals surface area (Å²) in [7, 11) is 0. The van der Waals surface area contributed by atoms with E-state index in [1.165, 1.54) is 46.7 Å². The molecule has 2 aromatic carbocycles. The lowest BCUT2D eigenvalue weighted by Crippen LogP contribution is -2.29. The van der Waals surface area contributed by atoms with Gasteiger partial charge in [0.05, 0.1) is 26.8 Å². The number of nitro benzene ring substituents is 1. The molecule has 0 bridgehead atoms. The third-order valence-corrected chi connectivity index (χ3v) is 6.32. The van der Waals surface area contributed by atoms with E-state index in [0.717, 1.165) is 4.70 Å². The van der Waals surface area contributed by atoms with Crippen LogP contribution in [0.4, 0.5) is 10.8 Å². The molecule has 10 heteroatoms. The number of aliphatic hydroxyl groups excluding tert-OH is 1. The number of non-ortho nitro benzene ring substituents is 1. The minimum atomic E-state index is -0.963. The first-order valence-electron chi connectivity index (χ1n) is 9.77. The van der Waals surface area contributed by atoms with Crippen LogP contribution in [0.2, 0.25) is 0 Å². The molecule has 5 rings (SSSR count). The molecule has 0 spiro atoms. The maximum absolute atomic E-state index is 13.1. The average molecular weight is 458 g/mol. The Morgan fingerprint density at radius 3 is 2.48 bits per heavy atom. The van der Waals surface area contributed by atoms with Gasteiger partial charge in [0.2, 0.25) is 0 Å². The van der Waals surface area contributed by atoms with Gasteiger partial charge in [-0.1, -0.05) is 29.5 Å². The monoisotopic (exact) mass is 458 g/mol. The van der Waals surface area contributed by atoms with Crippen molar-refractivity contribution in [3.8, 4) is 0 Å². The van der Waals surface area contributed by atoms with E-state index in [4.69, 9.17) is 0 Å². The van der Waals surface area contributed by atoms with Gasteiger partial charge in [-0.25, -0.2) is 4.98 Å². The number of para-hydroxylation sites is 1. The zero-order chi connectivity index (χ0) is 23.1. The summed E-state index contributed by atoms with van der Waals surface area (Å²) in [6.45, 7) is 0. The molecule has 4 aromatic rings. The van der Waals surface area contributed by atoms with Crippen LogP contribution >= 0.6 is 11.3 Å². The Balaban J connectivity index is 1.70. The Bertz CT molecular complexity index is 1410. The van der Waals surface area contributed by atoms with Gasteiger partial charge >= 0.3 is 5.91 Å². The highest BCUT2D eigenvalue weighted by Crippen LogP contribution is 2.44. The van der Waals surface area contributed by atoms with E-state index in [0.29, 0.717) is 16.2 Å². The van der Waals surface area contributed by atoms with E-state index in [1.807, 2.05) is 24.3 Å². The van der Waals surface area contributed by atoms with Crippen molar-refractivity contribution in [2.75, 3.05) is 4.90 Å². The molecule has 0 radical (unpaired) electrons. The molecule has 1 atom stereocenters. The van der Waals surface area contributed by atoms with Crippen LogP contribution in [0.1, 0.15) is 17.2 Å². The van der Waals surface area contributed by atoms with E-state index in [-0.39, 0.29) is 16.8 Å². The lowest BCUT2D eigenvalue weighted by molar-refractivity contribution is -0.384. The van der Waals surface area contributed by atoms with Crippen LogP contribution in [0.15, 0.2) is 78.6 Å². The summed E-state index contributed by atoms with van der Waals surface area (Å²) in [5.74, 6) is -2.13. The second-order valence-electron chi connectivity index (χ2n) is 7.22. The molecule has 1 amide bonds. The zero-order valence-electron chi connectivity index (χ0n) is 16.8. The van der Waals surface area contributed by atoms with Crippen molar-refractivity contribution >= 4 is 49.8 Å². The van der Waals surface area contributed by atoms with E-state index in [9.17, 15) is 24.8 Å². The highest BCUT2D eigenvalue weighted by Gasteiger charge is 2.48. The summed E-state index contributed by atoms with van der Waals surface area (Å²) in [5, 5.41) is 22.3. The molecular weight excluding hydrogens is 444 g/mol. The van der Waals surface area contributed by atoms with Crippen LogP contribution in [0.3, 0.4) is 0 Å². The molecule has 1 fully saturated rings. The number of anilines is 1. The Hall–Kier alpha value is -4.44. The van der Waals surface area contributed by atoms with Crippen molar-refractivity contribution in [2.45, 2.75) is 6.04 Å². The molecule has 1 saturated heterocycles. The van der Waals surface area contributed by atoms with Crippen molar-refractivity contribution in [3.63, 3.8) is 0 Å². The SMILES string of the molecule is O=C1C(=O)N(c2nc3ccccc3s2)C(c2cccnc2)/C1=C(\O)c1ccc([N+](=O)[O-])cc1. The van der Waals surface area contributed by atoms with Crippen LogP contribution in [-0.4, -0.2) is 31.7 Å². The number of hydrogen-bond donors (Lipinski definition) is 1. The molecule has 9 nitrogen and oxygen atoms in total. The average Bonchev–Trinajstić information content (AvgIpc) is 3.38. The summed E-state index contributed by atoms with van der Waals surface area (Å²) in [6, 6.07) is 14.9. The van der Waals surface area contributed by atoms with Crippen LogP contribution in [0.5, 0.6) is 0 Å². The molecule has 1 aliphatic heterocycles. The second kappa shape index (κ2) is 7.92. The topological polar surface area (TPSA) is 127 Å². The van der Waals surface area contributed by atoms with Crippen LogP contribution in [0, 0.1) is 10.1 Å². The molecule has 162 valence electrons. The maximum atomic E-state index is 13.1. The van der Waals surface area contributed by atoms with Gasteiger partial charge in [0, 0.05) is 30.1 Å². The Labute approximate surface area is 190 Å². The molecule has 1 N–H and O–H groups in total. The lowest BCUT2D eigenvalue weighted by Gasteiger charge is -2.22. The second-order valence-corrected chi connectivity index (χ2v) is 8.23. The highest BCUT2D eigenvalue weighted by atomic mass is 32.1. The van der Waals surface area contributed by atoms with Gasteiger partial charge in [-0.2, -0.15) is 0 Å². The number of rotatable bonds is 4. The van der Waals surface area contributed by atoms with Gasteiger partial charge in [-0.3, -0.25) is 29.6 Å². The third-order valence-electron chi connectivity index (χ3n) is 5.28. The first-order chi connectivity index (χ1) is 16.0. The summed E-state index contributed by atoms with van der Waals surface area (Å²) >= 11 is 1.26. The number of thiazole rings is 1. The number of Topliss-reactive ketones (excluding diaryl/α,β-unsaturated/α-hetero) is 1.